The lowest BCUT2D eigenvalue weighted by Crippen LogP contribution is -2.51. The van der Waals surface area contributed by atoms with Crippen LogP contribution in [0, 0.1) is 5.92 Å². The number of halogens is 1. The molecular formula is C14H26BrNO2. The van der Waals surface area contributed by atoms with E-state index in [2.05, 4.69) is 29.8 Å². The van der Waals surface area contributed by atoms with Crippen LogP contribution in [-0.2, 0) is 4.74 Å². The van der Waals surface area contributed by atoms with E-state index in [-0.39, 0.29) is 18.2 Å². The summed E-state index contributed by atoms with van der Waals surface area (Å²) in [6, 6.07) is 0.542. The van der Waals surface area contributed by atoms with Gasteiger partial charge in [0.25, 0.3) is 0 Å². The Morgan fingerprint density at radius 3 is 2.17 bits per heavy atom. The summed E-state index contributed by atoms with van der Waals surface area (Å²) in [4.78, 5) is 14.1. The molecule has 3 nitrogen and oxygen atoms in total. The fraction of sp³-hybridized carbons (Fsp3) is 0.929. The molecule has 1 aliphatic rings. The van der Waals surface area contributed by atoms with Crippen LogP contribution in [0.2, 0.25) is 0 Å². The van der Waals surface area contributed by atoms with E-state index in [1.807, 2.05) is 25.7 Å². The molecule has 4 heteroatoms. The monoisotopic (exact) mass is 319 g/mol. The first-order valence-electron chi connectivity index (χ1n) is 6.82. The summed E-state index contributed by atoms with van der Waals surface area (Å²) >= 11 is 3.50. The van der Waals surface area contributed by atoms with Crippen LogP contribution >= 0.6 is 15.9 Å². The van der Waals surface area contributed by atoms with Gasteiger partial charge in [-0.2, -0.15) is 0 Å². The zero-order chi connectivity index (χ0) is 13.9. The standard InChI is InChI=1S/C14H26BrNO2/c1-10-8-12(6-7-15)9-11(2)16(10)13(17)18-14(3,4)5/h10-12H,6-9H2,1-5H3/t10-,11+,12?. The quantitative estimate of drug-likeness (QED) is 0.714. The third-order valence-electron chi connectivity index (χ3n) is 3.42. The van der Waals surface area contributed by atoms with Crippen molar-refractivity contribution >= 4 is 22.0 Å². The fourth-order valence-corrected chi connectivity index (χ4v) is 3.43. The number of likely N-dealkylation sites (tertiary alicyclic amines) is 1. The van der Waals surface area contributed by atoms with Crippen molar-refractivity contribution in [2.75, 3.05) is 5.33 Å². The van der Waals surface area contributed by atoms with Gasteiger partial charge in [-0.1, -0.05) is 15.9 Å². The number of ether oxygens (including phenoxy) is 1. The van der Waals surface area contributed by atoms with Crippen molar-refractivity contribution in [3.63, 3.8) is 0 Å². The fourth-order valence-electron chi connectivity index (χ4n) is 2.79. The van der Waals surface area contributed by atoms with Crippen molar-refractivity contribution in [2.24, 2.45) is 5.92 Å². The average molecular weight is 320 g/mol. The molecule has 18 heavy (non-hydrogen) atoms. The number of piperidine rings is 1. The van der Waals surface area contributed by atoms with Crippen LogP contribution in [-0.4, -0.2) is 34.0 Å². The van der Waals surface area contributed by atoms with Gasteiger partial charge in [0.15, 0.2) is 0 Å². The van der Waals surface area contributed by atoms with Gasteiger partial charge in [0.2, 0.25) is 0 Å². The Hall–Kier alpha value is -0.250. The number of hydrogen-bond acceptors (Lipinski definition) is 2. The molecule has 1 amide bonds. The topological polar surface area (TPSA) is 29.5 Å². The number of carbonyl (C=O) groups excluding carboxylic acids is 1. The first kappa shape index (κ1) is 15.8. The predicted molar refractivity (Wildman–Crippen MR) is 78.1 cm³/mol. The van der Waals surface area contributed by atoms with E-state index in [9.17, 15) is 4.79 Å². The van der Waals surface area contributed by atoms with Gasteiger partial charge in [-0.05, 0) is 59.8 Å². The molecule has 3 atom stereocenters. The van der Waals surface area contributed by atoms with Crippen LogP contribution in [0.4, 0.5) is 4.79 Å². The first-order valence-corrected chi connectivity index (χ1v) is 7.94. The van der Waals surface area contributed by atoms with Gasteiger partial charge in [-0.3, -0.25) is 0 Å². The number of rotatable bonds is 2. The third-order valence-corrected chi connectivity index (χ3v) is 3.88. The summed E-state index contributed by atoms with van der Waals surface area (Å²) in [5, 5.41) is 1.05. The lowest BCUT2D eigenvalue weighted by molar-refractivity contribution is -0.00735. The van der Waals surface area contributed by atoms with E-state index in [0.717, 1.165) is 18.2 Å². The minimum atomic E-state index is -0.413. The van der Waals surface area contributed by atoms with Crippen LogP contribution in [0.1, 0.15) is 53.9 Å². The van der Waals surface area contributed by atoms with E-state index in [1.54, 1.807) is 0 Å². The molecule has 1 rings (SSSR count). The summed E-state index contributed by atoms with van der Waals surface area (Å²) in [6.45, 7) is 10.00. The van der Waals surface area contributed by atoms with Gasteiger partial charge < -0.3 is 9.64 Å². The maximum Gasteiger partial charge on any atom is 0.410 e. The Kier molecular flexibility index (Phi) is 5.50. The second-order valence-corrected chi connectivity index (χ2v) is 7.19. The SMILES string of the molecule is C[C@@H]1CC(CCBr)C[C@H](C)N1C(=O)OC(C)(C)C. The summed E-state index contributed by atoms with van der Waals surface area (Å²) in [6.07, 6.45) is 3.18. The summed E-state index contributed by atoms with van der Waals surface area (Å²) in [7, 11) is 0. The van der Waals surface area contributed by atoms with Gasteiger partial charge in [0, 0.05) is 17.4 Å². The molecule has 0 aromatic rings. The number of carbonyl (C=O) groups is 1. The lowest BCUT2D eigenvalue weighted by atomic mass is 9.86. The van der Waals surface area contributed by atoms with E-state index in [4.69, 9.17) is 4.74 Å². The molecule has 0 N–H and O–H groups in total. The Balaban J connectivity index is 2.64. The van der Waals surface area contributed by atoms with Crippen LogP contribution in [0.3, 0.4) is 0 Å². The highest BCUT2D eigenvalue weighted by molar-refractivity contribution is 9.09. The predicted octanol–water partition coefficient (Wildman–Crippen LogP) is 4.20. The largest absolute Gasteiger partial charge is 0.444 e. The Morgan fingerprint density at radius 1 is 1.28 bits per heavy atom. The van der Waals surface area contributed by atoms with Crippen molar-refractivity contribution in [1.82, 2.24) is 4.90 Å². The molecule has 1 saturated heterocycles. The Morgan fingerprint density at radius 2 is 1.78 bits per heavy atom. The third kappa shape index (κ3) is 4.45. The Labute approximate surface area is 119 Å². The lowest BCUT2D eigenvalue weighted by Gasteiger charge is -2.42. The van der Waals surface area contributed by atoms with E-state index < -0.39 is 5.60 Å². The minimum absolute atomic E-state index is 0.167. The van der Waals surface area contributed by atoms with Crippen molar-refractivity contribution in [3.8, 4) is 0 Å². The second-order valence-electron chi connectivity index (χ2n) is 6.40. The zero-order valence-corrected chi connectivity index (χ0v) is 13.8. The summed E-state index contributed by atoms with van der Waals surface area (Å²) < 4.78 is 5.49. The molecule has 106 valence electrons. The summed E-state index contributed by atoms with van der Waals surface area (Å²) in [5.74, 6) is 0.716. The molecule has 0 aliphatic carbocycles. The normalized spacial score (nSPS) is 29.2. The van der Waals surface area contributed by atoms with E-state index >= 15 is 0 Å². The van der Waals surface area contributed by atoms with Crippen LogP contribution < -0.4 is 0 Å². The summed E-state index contributed by atoms with van der Waals surface area (Å²) in [5.41, 5.74) is -0.413. The molecule has 0 spiro atoms. The van der Waals surface area contributed by atoms with Gasteiger partial charge in [-0.15, -0.1) is 0 Å². The average Bonchev–Trinajstić information content (AvgIpc) is 2.13. The molecule has 0 bridgehead atoms. The molecule has 1 fully saturated rings. The molecule has 0 aromatic heterocycles. The van der Waals surface area contributed by atoms with Crippen LogP contribution in [0.15, 0.2) is 0 Å². The molecule has 1 unspecified atom stereocenters. The Bertz CT molecular complexity index is 276. The molecule has 0 radical (unpaired) electrons. The van der Waals surface area contributed by atoms with Gasteiger partial charge >= 0.3 is 6.09 Å². The van der Waals surface area contributed by atoms with E-state index in [1.165, 1.54) is 6.42 Å². The first-order chi connectivity index (χ1) is 8.24. The molecule has 0 aromatic carbocycles. The minimum Gasteiger partial charge on any atom is -0.444 e. The van der Waals surface area contributed by atoms with Gasteiger partial charge in [-0.25, -0.2) is 4.79 Å². The second kappa shape index (κ2) is 6.27. The highest BCUT2D eigenvalue weighted by atomic mass is 79.9. The molecule has 1 heterocycles. The highest BCUT2D eigenvalue weighted by Crippen LogP contribution is 2.31. The number of amides is 1. The maximum absolute atomic E-state index is 12.2. The highest BCUT2D eigenvalue weighted by Gasteiger charge is 2.35. The molecule has 0 saturated carbocycles. The molecular weight excluding hydrogens is 294 g/mol. The van der Waals surface area contributed by atoms with Crippen molar-refractivity contribution in [1.29, 1.82) is 0 Å². The number of hydrogen-bond donors (Lipinski definition) is 0. The number of nitrogens with zero attached hydrogens (tertiary/aromatic N) is 1. The smallest absolute Gasteiger partial charge is 0.410 e. The maximum atomic E-state index is 12.2. The van der Waals surface area contributed by atoms with Gasteiger partial charge in [0.1, 0.15) is 5.60 Å². The van der Waals surface area contributed by atoms with E-state index in [0.29, 0.717) is 5.92 Å². The zero-order valence-electron chi connectivity index (χ0n) is 12.2. The van der Waals surface area contributed by atoms with Crippen molar-refractivity contribution in [3.05, 3.63) is 0 Å². The van der Waals surface area contributed by atoms with Crippen molar-refractivity contribution in [2.45, 2.75) is 71.6 Å². The van der Waals surface area contributed by atoms with Crippen LogP contribution in [0.5, 0.6) is 0 Å². The van der Waals surface area contributed by atoms with Crippen LogP contribution in [0.25, 0.3) is 0 Å². The van der Waals surface area contributed by atoms with Gasteiger partial charge in [0.05, 0.1) is 0 Å². The molecule has 1 aliphatic heterocycles. The van der Waals surface area contributed by atoms with Crippen molar-refractivity contribution < 1.29 is 9.53 Å². The number of alkyl halides is 1.